The standard InChI is InChI=1S/C27H32N4O5S/c1-30(17-19-10-8-12-21(35-2)24(19)36-3)26(34)18-9-7-11-20(15-18)28-23(32)16-22-25(33)29-27(37-22)31-13-5-4-6-14-31/h7-12,15,22H,4-6,13-14,16-17H2,1-3H3,(H,28,32)/t22-/m0/s1. The number of hydrogen-bond donors (Lipinski definition) is 1. The van der Waals surface area contributed by atoms with Crippen LogP contribution in [-0.4, -0.2) is 72.3 Å². The first-order valence-electron chi connectivity index (χ1n) is 12.3. The van der Waals surface area contributed by atoms with E-state index in [1.807, 2.05) is 12.1 Å². The highest BCUT2D eigenvalue weighted by atomic mass is 32.2. The fourth-order valence-corrected chi connectivity index (χ4v) is 5.58. The van der Waals surface area contributed by atoms with Gasteiger partial charge in [-0.1, -0.05) is 30.0 Å². The van der Waals surface area contributed by atoms with Crippen LogP contribution in [0.2, 0.25) is 0 Å². The summed E-state index contributed by atoms with van der Waals surface area (Å²) in [6.07, 6.45) is 3.41. The zero-order chi connectivity index (χ0) is 26.4. The lowest BCUT2D eigenvalue weighted by atomic mass is 10.1. The number of rotatable bonds is 8. The number of anilines is 1. The topological polar surface area (TPSA) is 101 Å². The van der Waals surface area contributed by atoms with Gasteiger partial charge in [0.05, 0.1) is 14.2 Å². The first-order chi connectivity index (χ1) is 17.9. The summed E-state index contributed by atoms with van der Waals surface area (Å²) < 4.78 is 10.8. The molecule has 4 rings (SSSR count). The molecule has 1 atom stereocenters. The summed E-state index contributed by atoms with van der Waals surface area (Å²) in [6, 6.07) is 12.3. The molecule has 2 aliphatic heterocycles. The highest BCUT2D eigenvalue weighted by Crippen LogP contribution is 2.32. The minimum atomic E-state index is -0.522. The number of amidine groups is 1. The molecule has 37 heavy (non-hydrogen) atoms. The van der Waals surface area contributed by atoms with Gasteiger partial charge in [0.1, 0.15) is 5.25 Å². The van der Waals surface area contributed by atoms with Crippen molar-refractivity contribution in [3.05, 3.63) is 53.6 Å². The van der Waals surface area contributed by atoms with Crippen LogP contribution in [0.15, 0.2) is 47.5 Å². The molecule has 1 fully saturated rings. The van der Waals surface area contributed by atoms with Crippen molar-refractivity contribution in [3.63, 3.8) is 0 Å². The van der Waals surface area contributed by atoms with Gasteiger partial charge in [-0.2, -0.15) is 4.99 Å². The van der Waals surface area contributed by atoms with Crippen molar-refractivity contribution in [2.75, 3.05) is 39.7 Å². The fraction of sp³-hybridized carbons (Fsp3) is 0.407. The van der Waals surface area contributed by atoms with Crippen LogP contribution in [0, 0.1) is 0 Å². The molecule has 0 radical (unpaired) electrons. The largest absolute Gasteiger partial charge is 0.493 e. The van der Waals surface area contributed by atoms with Crippen LogP contribution >= 0.6 is 11.8 Å². The highest BCUT2D eigenvalue weighted by Gasteiger charge is 2.33. The summed E-state index contributed by atoms with van der Waals surface area (Å²) in [7, 11) is 4.83. The Morgan fingerprint density at radius 1 is 1.11 bits per heavy atom. The molecule has 10 heteroatoms. The Balaban J connectivity index is 1.35. The van der Waals surface area contributed by atoms with Crippen LogP contribution in [-0.2, 0) is 16.1 Å². The molecule has 0 aromatic heterocycles. The third-order valence-electron chi connectivity index (χ3n) is 6.36. The predicted molar refractivity (Wildman–Crippen MR) is 144 cm³/mol. The van der Waals surface area contributed by atoms with Gasteiger partial charge in [-0.15, -0.1) is 0 Å². The van der Waals surface area contributed by atoms with Crippen LogP contribution in [0.4, 0.5) is 5.69 Å². The number of carbonyl (C=O) groups excluding carboxylic acids is 3. The minimum absolute atomic E-state index is 0.0258. The van der Waals surface area contributed by atoms with E-state index in [4.69, 9.17) is 9.47 Å². The molecule has 0 unspecified atom stereocenters. The Kier molecular flexibility index (Phi) is 8.70. The Hall–Kier alpha value is -3.53. The zero-order valence-corrected chi connectivity index (χ0v) is 22.2. The predicted octanol–water partition coefficient (Wildman–Crippen LogP) is 3.79. The number of likely N-dealkylation sites (tertiary alicyclic amines) is 1. The molecule has 0 bridgehead atoms. The van der Waals surface area contributed by atoms with Crippen LogP contribution in [0.1, 0.15) is 41.6 Å². The number of ether oxygens (including phenoxy) is 2. The van der Waals surface area contributed by atoms with Crippen molar-refractivity contribution >= 4 is 40.3 Å². The lowest BCUT2D eigenvalue weighted by molar-refractivity contribution is -0.121. The monoisotopic (exact) mass is 524 g/mol. The summed E-state index contributed by atoms with van der Waals surface area (Å²) in [5.41, 5.74) is 1.74. The molecule has 0 saturated carbocycles. The van der Waals surface area contributed by atoms with E-state index < -0.39 is 5.25 Å². The maximum Gasteiger partial charge on any atom is 0.262 e. The molecule has 2 heterocycles. The summed E-state index contributed by atoms with van der Waals surface area (Å²) in [5, 5.41) is 3.03. The number of piperidine rings is 1. The molecule has 2 aromatic carbocycles. The van der Waals surface area contributed by atoms with Gasteiger partial charge in [0, 0.05) is 49.9 Å². The second kappa shape index (κ2) is 12.1. The van der Waals surface area contributed by atoms with Crippen molar-refractivity contribution in [1.82, 2.24) is 9.80 Å². The van der Waals surface area contributed by atoms with E-state index in [2.05, 4.69) is 15.2 Å². The smallest absolute Gasteiger partial charge is 0.262 e. The molecule has 2 aliphatic rings. The maximum absolute atomic E-state index is 13.1. The first-order valence-corrected chi connectivity index (χ1v) is 13.2. The number of aliphatic imine (C=N–C) groups is 1. The number of para-hydroxylation sites is 1. The zero-order valence-electron chi connectivity index (χ0n) is 21.4. The lowest BCUT2D eigenvalue weighted by Crippen LogP contribution is -2.33. The molecule has 196 valence electrons. The van der Waals surface area contributed by atoms with Crippen molar-refractivity contribution in [1.29, 1.82) is 0 Å². The highest BCUT2D eigenvalue weighted by molar-refractivity contribution is 8.15. The second-order valence-corrected chi connectivity index (χ2v) is 10.2. The Morgan fingerprint density at radius 3 is 2.59 bits per heavy atom. The Labute approximate surface area is 221 Å². The van der Waals surface area contributed by atoms with E-state index in [1.165, 1.54) is 18.2 Å². The maximum atomic E-state index is 13.1. The number of thioether (sulfide) groups is 1. The summed E-state index contributed by atoms with van der Waals surface area (Å²) >= 11 is 1.37. The van der Waals surface area contributed by atoms with Crippen LogP contribution in [0.5, 0.6) is 11.5 Å². The third-order valence-corrected chi connectivity index (χ3v) is 7.57. The summed E-state index contributed by atoms with van der Waals surface area (Å²) in [6.45, 7) is 2.12. The second-order valence-electron chi connectivity index (χ2n) is 9.03. The molecule has 2 aromatic rings. The number of benzene rings is 2. The minimum Gasteiger partial charge on any atom is -0.493 e. The van der Waals surface area contributed by atoms with Crippen LogP contribution in [0.25, 0.3) is 0 Å². The summed E-state index contributed by atoms with van der Waals surface area (Å²) in [5.74, 6) is 0.414. The van der Waals surface area contributed by atoms with E-state index in [1.54, 1.807) is 56.5 Å². The number of hydrogen-bond acceptors (Lipinski definition) is 7. The van der Waals surface area contributed by atoms with Gasteiger partial charge in [-0.3, -0.25) is 14.4 Å². The normalized spacial score (nSPS) is 17.3. The van der Waals surface area contributed by atoms with Gasteiger partial charge in [-0.25, -0.2) is 0 Å². The van der Waals surface area contributed by atoms with Gasteiger partial charge in [0.15, 0.2) is 16.7 Å². The summed E-state index contributed by atoms with van der Waals surface area (Å²) in [4.78, 5) is 46.1. The number of carbonyl (C=O) groups is 3. The van der Waals surface area contributed by atoms with Crippen LogP contribution in [0.3, 0.4) is 0 Å². The molecule has 0 aliphatic carbocycles. The van der Waals surface area contributed by atoms with Gasteiger partial charge in [-0.05, 0) is 43.5 Å². The number of methoxy groups -OCH3 is 2. The fourth-order valence-electron chi connectivity index (χ4n) is 4.47. The van der Waals surface area contributed by atoms with E-state index in [0.717, 1.165) is 36.7 Å². The Morgan fingerprint density at radius 2 is 1.86 bits per heavy atom. The van der Waals surface area contributed by atoms with E-state index >= 15 is 0 Å². The molecule has 3 amide bonds. The molecular weight excluding hydrogens is 492 g/mol. The molecule has 9 nitrogen and oxygen atoms in total. The number of nitrogens with zero attached hydrogens (tertiary/aromatic N) is 3. The quantitative estimate of drug-likeness (QED) is 0.561. The number of amides is 3. The van der Waals surface area contributed by atoms with Gasteiger partial charge < -0.3 is 24.6 Å². The average Bonchev–Trinajstić information content (AvgIpc) is 3.28. The SMILES string of the molecule is COc1cccc(CN(C)C(=O)c2cccc(NC(=O)C[C@@H]3SC(N4CCCCC4)=NC3=O)c2)c1OC. The van der Waals surface area contributed by atoms with Gasteiger partial charge in [0.25, 0.3) is 11.8 Å². The van der Waals surface area contributed by atoms with E-state index in [9.17, 15) is 14.4 Å². The van der Waals surface area contributed by atoms with E-state index in [-0.39, 0.29) is 24.1 Å². The number of nitrogens with one attached hydrogen (secondary N) is 1. The first kappa shape index (κ1) is 26.5. The molecule has 1 saturated heterocycles. The average molecular weight is 525 g/mol. The van der Waals surface area contributed by atoms with Crippen molar-refractivity contribution in [3.8, 4) is 11.5 Å². The third kappa shape index (κ3) is 6.43. The molecular formula is C27H32N4O5S. The lowest BCUT2D eigenvalue weighted by Gasteiger charge is -2.27. The van der Waals surface area contributed by atoms with Gasteiger partial charge in [0.2, 0.25) is 5.91 Å². The van der Waals surface area contributed by atoms with Crippen molar-refractivity contribution in [2.24, 2.45) is 4.99 Å². The van der Waals surface area contributed by atoms with Crippen molar-refractivity contribution < 1.29 is 23.9 Å². The van der Waals surface area contributed by atoms with Crippen molar-refractivity contribution in [2.45, 2.75) is 37.5 Å². The molecule has 1 N–H and O–H groups in total. The Bertz CT molecular complexity index is 1200. The van der Waals surface area contributed by atoms with E-state index in [0.29, 0.717) is 29.3 Å². The van der Waals surface area contributed by atoms with Crippen LogP contribution < -0.4 is 14.8 Å². The molecule has 0 spiro atoms. The van der Waals surface area contributed by atoms with Gasteiger partial charge >= 0.3 is 0 Å².